The largest absolute Gasteiger partial charge is 0.493 e. The van der Waals surface area contributed by atoms with Crippen molar-refractivity contribution in [1.29, 1.82) is 0 Å². The van der Waals surface area contributed by atoms with E-state index >= 15 is 0 Å². The van der Waals surface area contributed by atoms with Crippen molar-refractivity contribution in [3.63, 3.8) is 0 Å². The van der Waals surface area contributed by atoms with Gasteiger partial charge < -0.3 is 9.47 Å². The molecule has 0 amide bonds. The van der Waals surface area contributed by atoms with Gasteiger partial charge in [-0.15, -0.1) is 0 Å². The summed E-state index contributed by atoms with van der Waals surface area (Å²) in [5.74, 6) is 2.45. The van der Waals surface area contributed by atoms with Gasteiger partial charge >= 0.3 is 0 Å². The molecule has 1 aliphatic rings. The van der Waals surface area contributed by atoms with Gasteiger partial charge in [0.25, 0.3) is 0 Å². The van der Waals surface area contributed by atoms with Crippen LogP contribution in [0.5, 0.6) is 11.5 Å². The number of hydrogen-bond acceptors (Lipinski definition) is 2. The Morgan fingerprint density at radius 2 is 1.87 bits per heavy atom. The lowest BCUT2D eigenvalue weighted by atomic mass is 9.75. The number of ether oxygens (including phenoxy) is 2. The summed E-state index contributed by atoms with van der Waals surface area (Å²) < 4.78 is 10.6. The smallest absolute Gasteiger partial charge is 0.161 e. The van der Waals surface area contributed by atoms with Crippen molar-refractivity contribution < 1.29 is 9.47 Å². The molecule has 2 nitrogen and oxygen atoms in total. The molecular formula is C13H18O2. The number of rotatable bonds is 4. The van der Waals surface area contributed by atoms with Gasteiger partial charge in [0.15, 0.2) is 11.5 Å². The van der Waals surface area contributed by atoms with Gasteiger partial charge in [0.05, 0.1) is 14.2 Å². The molecule has 0 aliphatic heterocycles. The van der Waals surface area contributed by atoms with Crippen LogP contribution in [0.15, 0.2) is 12.1 Å². The minimum absolute atomic E-state index is 0.741. The van der Waals surface area contributed by atoms with Gasteiger partial charge in [-0.25, -0.2) is 0 Å². The molecule has 0 radical (unpaired) electrons. The predicted octanol–water partition coefficient (Wildman–Crippen LogP) is 3.14. The lowest BCUT2D eigenvalue weighted by Crippen LogP contribution is -2.17. The molecule has 0 N–H and O–H groups in total. The molecule has 0 aromatic heterocycles. The summed E-state index contributed by atoms with van der Waals surface area (Å²) in [4.78, 5) is 0. The second kappa shape index (κ2) is 4.13. The maximum absolute atomic E-state index is 5.31. The molecule has 0 heterocycles. The van der Waals surface area contributed by atoms with Gasteiger partial charge in [-0.3, -0.25) is 0 Å². The van der Waals surface area contributed by atoms with E-state index < -0.39 is 0 Å². The Kier molecular flexibility index (Phi) is 2.85. The predicted molar refractivity (Wildman–Crippen MR) is 60.9 cm³/mol. The first-order valence-electron chi connectivity index (χ1n) is 5.55. The van der Waals surface area contributed by atoms with Crippen LogP contribution in [0.25, 0.3) is 0 Å². The van der Waals surface area contributed by atoms with Gasteiger partial charge in [-0.2, -0.15) is 0 Å². The first-order valence-corrected chi connectivity index (χ1v) is 5.55. The van der Waals surface area contributed by atoms with Crippen molar-refractivity contribution >= 4 is 0 Å². The van der Waals surface area contributed by atoms with E-state index in [4.69, 9.17) is 9.47 Å². The molecule has 2 heteroatoms. The van der Waals surface area contributed by atoms with E-state index in [1.165, 1.54) is 30.4 Å². The Bertz CT molecular complexity index is 358. The first kappa shape index (κ1) is 10.3. The minimum Gasteiger partial charge on any atom is -0.493 e. The molecule has 1 aliphatic carbocycles. The average molecular weight is 206 g/mol. The van der Waals surface area contributed by atoms with Crippen molar-refractivity contribution in [3.8, 4) is 11.5 Å². The molecule has 0 saturated heterocycles. The summed E-state index contributed by atoms with van der Waals surface area (Å²) in [7, 11) is 3.38. The maximum Gasteiger partial charge on any atom is 0.161 e. The third-order valence-electron chi connectivity index (χ3n) is 3.19. The normalized spacial score (nSPS) is 17.9. The van der Waals surface area contributed by atoms with Gasteiger partial charge in [0, 0.05) is 0 Å². The van der Waals surface area contributed by atoms with Crippen molar-refractivity contribution in [2.24, 2.45) is 0 Å². The molecule has 1 aromatic rings. The van der Waals surface area contributed by atoms with Gasteiger partial charge in [0.1, 0.15) is 0 Å². The topological polar surface area (TPSA) is 18.5 Å². The lowest BCUT2D eigenvalue weighted by Gasteiger charge is -2.31. The molecule has 0 saturated carbocycles. The lowest BCUT2D eigenvalue weighted by molar-refractivity contribution is 0.351. The first-order chi connectivity index (χ1) is 7.30. The highest BCUT2D eigenvalue weighted by Crippen LogP contribution is 2.44. The van der Waals surface area contributed by atoms with E-state index in [-0.39, 0.29) is 0 Å². The van der Waals surface area contributed by atoms with Crippen LogP contribution in [0, 0.1) is 0 Å². The zero-order valence-corrected chi connectivity index (χ0v) is 9.67. The summed E-state index contributed by atoms with van der Waals surface area (Å²) >= 11 is 0. The Balaban J connectivity index is 2.28. The molecule has 15 heavy (non-hydrogen) atoms. The summed E-state index contributed by atoms with van der Waals surface area (Å²) in [6.45, 7) is 2.23. The van der Waals surface area contributed by atoms with E-state index in [2.05, 4.69) is 19.1 Å². The van der Waals surface area contributed by atoms with E-state index in [1.54, 1.807) is 14.2 Å². The third kappa shape index (κ3) is 1.69. The molecule has 2 rings (SSSR count). The molecule has 1 unspecified atom stereocenters. The van der Waals surface area contributed by atoms with Crippen LogP contribution in [0.4, 0.5) is 0 Å². The molecule has 0 fully saturated rings. The fraction of sp³-hybridized carbons (Fsp3) is 0.538. The maximum atomic E-state index is 5.31. The SMILES string of the molecule is CCCC1Cc2cc(OC)c(OC)cc21. The monoisotopic (exact) mass is 206 g/mol. The highest BCUT2D eigenvalue weighted by molar-refractivity contribution is 5.53. The van der Waals surface area contributed by atoms with Crippen LogP contribution < -0.4 is 9.47 Å². The minimum atomic E-state index is 0.741. The van der Waals surface area contributed by atoms with Crippen LogP contribution in [0.3, 0.4) is 0 Å². The van der Waals surface area contributed by atoms with E-state index in [0.29, 0.717) is 0 Å². The quantitative estimate of drug-likeness (QED) is 0.753. The van der Waals surface area contributed by atoms with Crippen LogP contribution in [-0.2, 0) is 6.42 Å². The third-order valence-corrected chi connectivity index (χ3v) is 3.19. The van der Waals surface area contributed by atoms with Crippen LogP contribution in [0.2, 0.25) is 0 Å². The summed E-state index contributed by atoms with van der Waals surface area (Å²) in [5.41, 5.74) is 2.88. The van der Waals surface area contributed by atoms with Crippen LogP contribution >= 0.6 is 0 Å². The Hall–Kier alpha value is -1.18. The summed E-state index contributed by atoms with van der Waals surface area (Å²) in [6, 6.07) is 4.25. The molecule has 82 valence electrons. The van der Waals surface area contributed by atoms with Crippen molar-refractivity contribution in [1.82, 2.24) is 0 Å². The molecule has 0 spiro atoms. The second-order valence-electron chi connectivity index (χ2n) is 4.10. The van der Waals surface area contributed by atoms with E-state index in [1.807, 2.05) is 0 Å². The Morgan fingerprint density at radius 1 is 1.20 bits per heavy atom. The average Bonchev–Trinajstić information content (AvgIpc) is 2.25. The Morgan fingerprint density at radius 3 is 2.47 bits per heavy atom. The fourth-order valence-corrected chi connectivity index (χ4v) is 2.34. The second-order valence-corrected chi connectivity index (χ2v) is 4.10. The highest BCUT2D eigenvalue weighted by Gasteiger charge is 2.27. The van der Waals surface area contributed by atoms with Crippen molar-refractivity contribution in [2.45, 2.75) is 32.1 Å². The molecule has 1 atom stereocenters. The number of hydrogen-bond donors (Lipinski definition) is 0. The van der Waals surface area contributed by atoms with Gasteiger partial charge in [-0.05, 0) is 42.0 Å². The zero-order chi connectivity index (χ0) is 10.8. The van der Waals surface area contributed by atoms with Crippen molar-refractivity contribution in [2.75, 3.05) is 14.2 Å². The number of methoxy groups -OCH3 is 2. The molecule has 1 aromatic carbocycles. The zero-order valence-electron chi connectivity index (χ0n) is 9.67. The number of benzene rings is 1. The highest BCUT2D eigenvalue weighted by atomic mass is 16.5. The van der Waals surface area contributed by atoms with Gasteiger partial charge in [-0.1, -0.05) is 13.3 Å². The van der Waals surface area contributed by atoms with Crippen molar-refractivity contribution in [3.05, 3.63) is 23.3 Å². The van der Waals surface area contributed by atoms with Crippen LogP contribution in [-0.4, -0.2) is 14.2 Å². The van der Waals surface area contributed by atoms with E-state index in [0.717, 1.165) is 17.4 Å². The summed E-state index contributed by atoms with van der Waals surface area (Å²) in [5, 5.41) is 0. The van der Waals surface area contributed by atoms with Crippen LogP contribution in [0.1, 0.15) is 36.8 Å². The fourth-order valence-electron chi connectivity index (χ4n) is 2.34. The van der Waals surface area contributed by atoms with E-state index in [9.17, 15) is 0 Å². The molecular weight excluding hydrogens is 188 g/mol. The number of fused-ring (bicyclic) bond motifs is 1. The molecule has 0 bridgehead atoms. The summed E-state index contributed by atoms with van der Waals surface area (Å²) in [6.07, 6.45) is 3.73. The standard InChI is InChI=1S/C13H18O2/c1-4-5-9-6-10-7-12(14-2)13(15-3)8-11(9)10/h7-9H,4-6H2,1-3H3. The van der Waals surface area contributed by atoms with Gasteiger partial charge in [0.2, 0.25) is 0 Å². The Labute approximate surface area is 91.2 Å².